The molecule has 0 saturated carbocycles. The second-order valence-electron chi connectivity index (χ2n) is 5.20. The number of nitrogens with zero attached hydrogens (tertiary/aromatic N) is 3. The number of thiazole rings is 1. The van der Waals surface area contributed by atoms with Crippen molar-refractivity contribution in [1.29, 1.82) is 0 Å². The molecule has 1 N–H and O–H groups in total. The van der Waals surface area contributed by atoms with Crippen LogP contribution in [0, 0.1) is 0 Å². The van der Waals surface area contributed by atoms with Crippen LogP contribution in [-0.2, 0) is 6.54 Å². The molecule has 2 aromatic heterocycles. The highest BCUT2D eigenvalue weighted by molar-refractivity contribution is 7.07. The van der Waals surface area contributed by atoms with Gasteiger partial charge in [-0.25, -0.2) is 14.8 Å². The first-order valence-electron chi connectivity index (χ1n) is 6.67. The predicted octanol–water partition coefficient (Wildman–Crippen LogP) is 3.36. The zero-order chi connectivity index (χ0) is 15.0. The van der Waals surface area contributed by atoms with Crippen molar-refractivity contribution in [1.82, 2.24) is 14.5 Å². The summed E-state index contributed by atoms with van der Waals surface area (Å²) >= 11 is 1.55. The van der Waals surface area contributed by atoms with Gasteiger partial charge >= 0.3 is 5.97 Å². The Morgan fingerprint density at radius 1 is 1.43 bits per heavy atom. The van der Waals surface area contributed by atoms with Crippen molar-refractivity contribution < 1.29 is 9.90 Å². The van der Waals surface area contributed by atoms with Crippen LogP contribution in [0.1, 0.15) is 41.6 Å². The summed E-state index contributed by atoms with van der Waals surface area (Å²) in [5.74, 6) is 0.272. The molecule has 5 nitrogen and oxygen atoms in total. The number of hydrogen-bond donors (Lipinski definition) is 1. The predicted molar refractivity (Wildman–Crippen MR) is 82.0 cm³/mol. The van der Waals surface area contributed by atoms with Crippen LogP contribution < -0.4 is 0 Å². The van der Waals surface area contributed by atoms with Crippen molar-refractivity contribution in [3.8, 4) is 0 Å². The molecule has 2 heterocycles. The third-order valence-corrected chi connectivity index (χ3v) is 3.98. The van der Waals surface area contributed by atoms with E-state index in [2.05, 4.69) is 28.4 Å². The standard InChI is InChI=1S/C15H15N3O2S/c1-9(2)14-17-12-4-3-10(15(19)20)5-13(12)18(14)6-11-7-21-8-16-11/h3-5,7-9H,6H2,1-2H3,(H,19,20). The lowest BCUT2D eigenvalue weighted by Crippen LogP contribution is -2.07. The molecule has 0 atom stereocenters. The van der Waals surface area contributed by atoms with Crippen molar-refractivity contribution in [2.75, 3.05) is 0 Å². The summed E-state index contributed by atoms with van der Waals surface area (Å²) in [4.78, 5) is 20.1. The van der Waals surface area contributed by atoms with Gasteiger partial charge in [-0.15, -0.1) is 11.3 Å². The van der Waals surface area contributed by atoms with Gasteiger partial charge in [-0.05, 0) is 18.2 Å². The van der Waals surface area contributed by atoms with E-state index in [9.17, 15) is 4.79 Å². The fraction of sp³-hybridized carbons (Fsp3) is 0.267. The smallest absolute Gasteiger partial charge is 0.335 e. The van der Waals surface area contributed by atoms with Crippen molar-refractivity contribution in [3.05, 3.63) is 46.2 Å². The Morgan fingerprint density at radius 2 is 2.24 bits per heavy atom. The molecule has 0 unspecified atom stereocenters. The molecule has 3 rings (SSSR count). The Hall–Kier alpha value is -2.21. The fourth-order valence-electron chi connectivity index (χ4n) is 2.36. The summed E-state index contributed by atoms with van der Waals surface area (Å²) in [5.41, 5.74) is 4.69. The normalized spacial score (nSPS) is 11.4. The Kier molecular flexibility index (Phi) is 3.47. The van der Waals surface area contributed by atoms with Gasteiger partial charge in [-0.1, -0.05) is 13.8 Å². The third kappa shape index (κ3) is 2.54. The van der Waals surface area contributed by atoms with Crippen molar-refractivity contribution in [2.45, 2.75) is 26.3 Å². The third-order valence-electron chi connectivity index (χ3n) is 3.34. The number of carboxylic acid groups (broad SMARTS) is 1. The summed E-state index contributed by atoms with van der Waals surface area (Å²) in [7, 11) is 0. The van der Waals surface area contributed by atoms with Crippen LogP contribution in [-0.4, -0.2) is 25.6 Å². The molecule has 0 fully saturated rings. The number of hydrogen-bond acceptors (Lipinski definition) is 4. The summed E-state index contributed by atoms with van der Waals surface area (Å²) in [6.07, 6.45) is 0. The maximum Gasteiger partial charge on any atom is 0.335 e. The van der Waals surface area contributed by atoms with E-state index < -0.39 is 5.97 Å². The number of carbonyl (C=O) groups is 1. The lowest BCUT2D eigenvalue weighted by molar-refractivity contribution is 0.0697. The second-order valence-corrected chi connectivity index (χ2v) is 5.92. The molecule has 0 aliphatic heterocycles. The van der Waals surface area contributed by atoms with Gasteiger partial charge < -0.3 is 9.67 Å². The van der Waals surface area contributed by atoms with Crippen LogP contribution in [0.15, 0.2) is 29.1 Å². The average molecular weight is 301 g/mol. The van der Waals surface area contributed by atoms with E-state index in [-0.39, 0.29) is 11.5 Å². The number of aromatic nitrogens is 3. The van der Waals surface area contributed by atoms with Gasteiger partial charge in [0.15, 0.2) is 0 Å². The maximum atomic E-state index is 11.2. The molecule has 0 bridgehead atoms. The Labute approximate surface area is 125 Å². The summed E-state index contributed by atoms with van der Waals surface area (Å²) < 4.78 is 2.06. The minimum atomic E-state index is -0.926. The van der Waals surface area contributed by atoms with Crippen molar-refractivity contribution in [3.63, 3.8) is 0 Å². The number of aromatic carboxylic acids is 1. The molecule has 0 amide bonds. The summed E-state index contributed by atoms with van der Waals surface area (Å²) in [6, 6.07) is 5.04. The highest BCUT2D eigenvalue weighted by Crippen LogP contribution is 2.24. The molecule has 3 aromatic rings. The number of fused-ring (bicyclic) bond motifs is 1. The van der Waals surface area contributed by atoms with Crippen LogP contribution in [0.5, 0.6) is 0 Å². The zero-order valence-electron chi connectivity index (χ0n) is 11.8. The van der Waals surface area contributed by atoms with Gasteiger partial charge in [0, 0.05) is 11.3 Å². The average Bonchev–Trinajstić information content (AvgIpc) is 3.06. The van der Waals surface area contributed by atoms with E-state index in [4.69, 9.17) is 5.11 Å². The SMILES string of the molecule is CC(C)c1nc2ccc(C(=O)O)cc2n1Cc1cscn1. The number of benzene rings is 1. The van der Waals surface area contributed by atoms with Crippen LogP contribution in [0.2, 0.25) is 0 Å². The lowest BCUT2D eigenvalue weighted by atomic mass is 10.2. The Balaban J connectivity index is 2.18. The minimum absolute atomic E-state index is 0.254. The molecule has 21 heavy (non-hydrogen) atoms. The van der Waals surface area contributed by atoms with Gasteiger partial charge in [0.1, 0.15) is 5.82 Å². The van der Waals surface area contributed by atoms with Gasteiger partial charge in [-0.2, -0.15) is 0 Å². The number of imidazole rings is 1. The first-order valence-corrected chi connectivity index (χ1v) is 7.61. The van der Waals surface area contributed by atoms with Crippen molar-refractivity contribution in [2.24, 2.45) is 0 Å². The molecule has 0 spiro atoms. The van der Waals surface area contributed by atoms with Gasteiger partial charge in [0.2, 0.25) is 0 Å². The second kappa shape index (κ2) is 5.29. The van der Waals surface area contributed by atoms with Gasteiger partial charge in [0.05, 0.1) is 34.3 Å². The van der Waals surface area contributed by atoms with Gasteiger partial charge in [-0.3, -0.25) is 0 Å². The van der Waals surface area contributed by atoms with E-state index in [0.717, 1.165) is 22.6 Å². The van der Waals surface area contributed by atoms with Gasteiger partial charge in [0.25, 0.3) is 0 Å². The van der Waals surface area contributed by atoms with Crippen LogP contribution >= 0.6 is 11.3 Å². The summed E-state index contributed by atoms with van der Waals surface area (Å²) in [6.45, 7) is 4.77. The zero-order valence-corrected chi connectivity index (χ0v) is 12.6. The molecule has 0 radical (unpaired) electrons. The summed E-state index contributed by atoms with van der Waals surface area (Å²) in [5, 5.41) is 11.2. The largest absolute Gasteiger partial charge is 0.478 e. The minimum Gasteiger partial charge on any atom is -0.478 e. The molecule has 0 aliphatic rings. The van der Waals surface area contributed by atoms with Crippen LogP contribution in [0.25, 0.3) is 11.0 Å². The molecule has 108 valence electrons. The van der Waals surface area contributed by atoms with Crippen molar-refractivity contribution >= 4 is 28.3 Å². The fourth-order valence-corrected chi connectivity index (χ4v) is 2.91. The Morgan fingerprint density at radius 3 is 2.86 bits per heavy atom. The molecular weight excluding hydrogens is 286 g/mol. The lowest BCUT2D eigenvalue weighted by Gasteiger charge is -2.10. The van der Waals surface area contributed by atoms with E-state index in [0.29, 0.717) is 6.54 Å². The highest BCUT2D eigenvalue weighted by atomic mass is 32.1. The van der Waals surface area contributed by atoms with E-state index in [1.165, 1.54) is 0 Å². The first-order chi connectivity index (χ1) is 10.1. The van der Waals surface area contributed by atoms with E-state index >= 15 is 0 Å². The highest BCUT2D eigenvalue weighted by Gasteiger charge is 2.16. The molecule has 1 aromatic carbocycles. The van der Waals surface area contributed by atoms with E-state index in [1.807, 2.05) is 5.38 Å². The molecule has 0 saturated heterocycles. The number of rotatable bonds is 4. The monoisotopic (exact) mass is 301 g/mol. The van der Waals surface area contributed by atoms with Crippen LogP contribution in [0.3, 0.4) is 0 Å². The van der Waals surface area contributed by atoms with Crippen LogP contribution in [0.4, 0.5) is 0 Å². The maximum absolute atomic E-state index is 11.2. The first kappa shape index (κ1) is 13.8. The molecule has 0 aliphatic carbocycles. The molecular formula is C15H15N3O2S. The molecule has 6 heteroatoms. The Bertz CT molecular complexity index is 791. The van der Waals surface area contributed by atoms with E-state index in [1.54, 1.807) is 35.0 Å². The quantitative estimate of drug-likeness (QED) is 0.802. The topological polar surface area (TPSA) is 68.0 Å². The number of carboxylic acids is 1.